The highest BCUT2D eigenvalue weighted by Gasteiger charge is 2.04. The lowest BCUT2D eigenvalue weighted by atomic mass is 10.3. The summed E-state index contributed by atoms with van der Waals surface area (Å²) in [6.45, 7) is 0.0616. The molecule has 0 amide bonds. The Morgan fingerprint density at radius 1 is 1.47 bits per heavy atom. The van der Waals surface area contributed by atoms with Gasteiger partial charge in [0.1, 0.15) is 12.4 Å². The zero-order valence-corrected chi connectivity index (χ0v) is 10.6. The molecule has 2 N–H and O–H groups in total. The quantitative estimate of drug-likeness (QED) is 0.933. The van der Waals surface area contributed by atoms with Crippen LogP contribution in [0, 0.1) is 0 Å². The van der Waals surface area contributed by atoms with Gasteiger partial charge in [-0.2, -0.15) is 0 Å². The smallest absolute Gasteiger partial charge is 0.274 e. The van der Waals surface area contributed by atoms with E-state index in [1.54, 1.807) is 0 Å². The van der Waals surface area contributed by atoms with E-state index < -0.39 is 0 Å². The second-order valence-corrected chi connectivity index (χ2v) is 4.12. The molecule has 0 aliphatic heterocycles. The summed E-state index contributed by atoms with van der Waals surface area (Å²) in [6, 6.07) is 7.68. The molecule has 6 heteroatoms. The number of ether oxygens (including phenoxy) is 1. The molecule has 92 valence electrons. The third-order valence-electron chi connectivity index (χ3n) is 1.95. The largest absolute Gasteiger partial charge is 0.463 e. The maximum atomic E-state index is 13.0. The number of benzene rings is 1. The number of hydrogen-bond donors (Lipinski definition) is 1. The van der Waals surface area contributed by atoms with Crippen molar-refractivity contribution in [2.45, 2.75) is 0 Å². The second-order valence-electron chi connectivity index (χ2n) is 3.12. The molecule has 3 nitrogen and oxygen atoms in total. The maximum Gasteiger partial charge on any atom is 0.274 e. The van der Waals surface area contributed by atoms with Crippen molar-refractivity contribution in [3.05, 3.63) is 36.2 Å². The van der Waals surface area contributed by atoms with Gasteiger partial charge < -0.3 is 10.5 Å². The highest BCUT2D eigenvalue weighted by atomic mass is 35.5. The van der Waals surface area contributed by atoms with Gasteiger partial charge in [-0.15, -0.1) is 12.4 Å². The lowest BCUT2D eigenvalue weighted by molar-refractivity contribution is 0.317. The normalized spacial score (nSPS) is 11.3. The molecule has 2 rings (SSSR count). The zero-order chi connectivity index (χ0) is 11.4. The van der Waals surface area contributed by atoms with Gasteiger partial charge in [-0.05, 0) is 18.2 Å². The summed E-state index contributed by atoms with van der Waals surface area (Å²) in [5, 5.41) is 0.474. The molecule has 0 radical (unpaired) electrons. The monoisotopic (exact) mass is 274 g/mol. The minimum absolute atomic E-state index is 0. The van der Waals surface area contributed by atoms with E-state index in [4.69, 9.17) is 10.5 Å². The number of aromatic nitrogens is 1. The summed E-state index contributed by atoms with van der Waals surface area (Å²) in [5.41, 5.74) is 6.04. The molecule has 0 fully saturated rings. The van der Waals surface area contributed by atoms with Crippen LogP contribution in [0.3, 0.4) is 0 Å². The number of halogens is 2. The van der Waals surface area contributed by atoms with Crippen LogP contribution in [-0.4, -0.2) is 18.1 Å². The van der Waals surface area contributed by atoms with E-state index in [9.17, 15) is 4.39 Å². The molecule has 1 heterocycles. The summed E-state index contributed by atoms with van der Waals surface area (Å²) in [5.74, 6) is -0.373. The highest BCUT2D eigenvalue weighted by molar-refractivity contribution is 7.20. The van der Waals surface area contributed by atoms with Crippen LogP contribution in [0.1, 0.15) is 0 Å². The highest BCUT2D eigenvalue weighted by Crippen LogP contribution is 2.27. The van der Waals surface area contributed by atoms with Crippen LogP contribution in [-0.2, 0) is 0 Å². The van der Waals surface area contributed by atoms with E-state index in [1.807, 2.05) is 24.3 Å². The Kier molecular flexibility index (Phi) is 5.34. The summed E-state index contributed by atoms with van der Waals surface area (Å²) in [7, 11) is 0. The standard InChI is InChI=1S/C11H11FN2OS.ClH/c12-8(5-6-13)7-15-11-14-9-3-1-2-4-10(9)16-11;/h1-5H,6-7,13H2;1H/b8-5+;. The minimum Gasteiger partial charge on any atom is -0.463 e. The summed E-state index contributed by atoms with van der Waals surface area (Å²) >= 11 is 1.40. The summed E-state index contributed by atoms with van der Waals surface area (Å²) in [4.78, 5) is 4.22. The molecule has 0 unspecified atom stereocenters. The average Bonchev–Trinajstić information content (AvgIpc) is 2.69. The Labute approximate surface area is 109 Å². The number of hydrogen-bond acceptors (Lipinski definition) is 4. The van der Waals surface area contributed by atoms with Crippen LogP contribution < -0.4 is 10.5 Å². The van der Waals surface area contributed by atoms with Crippen LogP contribution in [0.2, 0.25) is 0 Å². The maximum absolute atomic E-state index is 13.0. The first kappa shape index (κ1) is 13.9. The third-order valence-corrected chi connectivity index (χ3v) is 2.90. The first-order valence-corrected chi connectivity index (χ1v) is 5.64. The molecular weight excluding hydrogens is 263 g/mol. The number of rotatable bonds is 4. The van der Waals surface area contributed by atoms with Crippen LogP contribution in [0.5, 0.6) is 5.19 Å². The van der Waals surface area contributed by atoms with Crippen LogP contribution in [0.4, 0.5) is 4.39 Å². The van der Waals surface area contributed by atoms with Crippen molar-refractivity contribution < 1.29 is 9.13 Å². The van der Waals surface area contributed by atoms with E-state index in [0.29, 0.717) is 5.19 Å². The predicted molar refractivity (Wildman–Crippen MR) is 70.6 cm³/mol. The lowest BCUT2D eigenvalue weighted by Crippen LogP contribution is -2.01. The van der Waals surface area contributed by atoms with Gasteiger partial charge in [0.25, 0.3) is 5.19 Å². The molecule has 17 heavy (non-hydrogen) atoms. The van der Waals surface area contributed by atoms with E-state index in [0.717, 1.165) is 10.2 Å². The minimum atomic E-state index is -0.373. The van der Waals surface area contributed by atoms with Crippen LogP contribution in [0.15, 0.2) is 36.2 Å². The number of nitrogens with two attached hydrogens (primary N) is 1. The first-order chi connectivity index (χ1) is 7.79. The van der Waals surface area contributed by atoms with Crippen molar-refractivity contribution in [2.24, 2.45) is 5.73 Å². The van der Waals surface area contributed by atoms with Crippen LogP contribution >= 0.6 is 23.7 Å². The van der Waals surface area contributed by atoms with Crippen molar-refractivity contribution in [3.8, 4) is 5.19 Å². The topological polar surface area (TPSA) is 48.1 Å². The fourth-order valence-electron chi connectivity index (χ4n) is 1.23. The Hall–Kier alpha value is -1.17. The molecule has 0 saturated carbocycles. The summed E-state index contributed by atoms with van der Waals surface area (Å²) < 4.78 is 19.2. The molecule has 1 aromatic heterocycles. The number of para-hydroxylation sites is 1. The SMILES string of the molecule is Cl.NC/C=C(/F)COc1nc2ccccc2s1. The van der Waals surface area contributed by atoms with Gasteiger partial charge in [0, 0.05) is 6.54 Å². The Morgan fingerprint density at radius 3 is 2.94 bits per heavy atom. The predicted octanol–water partition coefficient (Wildman–Crippen LogP) is 2.91. The molecule has 2 aromatic rings. The average molecular weight is 275 g/mol. The molecule has 0 aliphatic carbocycles. The summed E-state index contributed by atoms with van der Waals surface area (Å²) in [6.07, 6.45) is 1.29. The van der Waals surface area contributed by atoms with Gasteiger partial charge in [0.05, 0.1) is 10.2 Å². The van der Waals surface area contributed by atoms with Gasteiger partial charge in [-0.1, -0.05) is 23.5 Å². The van der Waals surface area contributed by atoms with Gasteiger partial charge >= 0.3 is 0 Å². The fourth-order valence-corrected chi connectivity index (χ4v) is 2.05. The Bertz CT molecular complexity index is 482. The third kappa shape index (κ3) is 3.66. The Balaban J connectivity index is 0.00000144. The Morgan fingerprint density at radius 2 is 2.24 bits per heavy atom. The first-order valence-electron chi connectivity index (χ1n) is 4.82. The number of fused-ring (bicyclic) bond motifs is 1. The second kappa shape index (κ2) is 6.54. The van der Waals surface area contributed by atoms with Gasteiger partial charge in [-0.3, -0.25) is 0 Å². The number of nitrogens with zero attached hydrogens (tertiary/aromatic N) is 1. The lowest BCUT2D eigenvalue weighted by Gasteiger charge is -1.98. The van der Waals surface area contributed by atoms with Crippen LogP contribution in [0.25, 0.3) is 10.2 Å². The van der Waals surface area contributed by atoms with Crippen molar-refractivity contribution in [3.63, 3.8) is 0 Å². The van der Waals surface area contributed by atoms with Crippen molar-refractivity contribution in [2.75, 3.05) is 13.2 Å². The zero-order valence-electron chi connectivity index (χ0n) is 8.93. The van der Waals surface area contributed by atoms with Gasteiger partial charge in [0.2, 0.25) is 0 Å². The number of thiazole rings is 1. The van der Waals surface area contributed by atoms with E-state index in [2.05, 4.69) is 4.98 Å². The van der Waals surface area contributed by atoms with E-state index >= 15 is 0 Å². The van der Waals surface area contributed by atoms with Crippen molar-refractivity contribution in [1.29, 1.82) is 0 Å². The van der Waals surface area contributed by atoms with E-state index in [-0.39, 0.29) is 31.4 Å². The fraction of sp³-hybridized carbons (Fsp3) is 0.182. The molecule has 0 spiro atoms. The van der Waals surface area contributed by atoms with Crippen molar-refractivity contribution >= 4 is 34.0 Å². The molecule has 0 aliphatic rings. The molecule has 0 saturated heterocycles. The van der Waals surface area contributed by atoms with Gasteiger partial charge in [0.15, 0.2) is 0 Å². The molecule has 1 aromatic carbocycles. The molecule has 0 atom stereocenters. The van der Waals surface area contributed by atoms with Crippen molar-refractivity contribution in [1.82, 2.24) is 4.98 Å². The molecular formula is C11H12ClFN2OS. The van der Waals surface area contributed by atoms with E-state index in [1.165, 1.54) is 17.4 Å². The molecule has 0 bridgehead atoms. The van der Waals surface area contributed by atoms with Gasteiger partial charge in [-0.25, -0.2) is 9.37 Å².